The molecule has 0 unspecified atom stereocenters. The molecule has 3 heterocycles. The molecule has 1 aromatic carbocycles. The number of anilines is 4. The highest BCUT2D eigenvalue weighted by molar-refractivity contribution is 5.85. The van der Waals surface area contributed by atoms with E-state index in [0.717, 1.165) is 5.56 Å². The number of alkyl halides is 3. The van der Waals surface area contributed by atoms with Gasteiger partial charge in [-0.3, -0.25) is 4.98 Å². The summed E-state index contributed by atoms with van der Waals surface area (Å²) in [7, 11) is 0. The Bertz CT molecular complexity index is 1080. The van der Waals surface area contributed by atoms with Gasteiger partial charge >= 0.3 is 6.18 Å². The van der Waals surface area contributed by atoms with Gasteiger partial charge in [0.25, 0.3) is 0 Å². The number of aliphatic hydroxyl groups is 1. The van der Waals surface area contributed by atoms with E-state index in [0.29, 0.717) is 23.1 Å². The van der Waals surface area contributed by atoms with Crippen LogP contribution in [-0.4, -0.2) is 44.9 Å². The van der Waals surface area contributed by atoms with Crippen LogP contribution in [-0.2, 0) is 0 Å². The van der Waals surface area contributed by atoms with Crippen LogP contribution < -0.4 is 15.5 Å². The second-order valence-corrected chi connectivity index (χ2v) is 7.61. The Morgan fingerprint density at radius 3 is 2.33 bits per heavy atom. The van der Waals surface area contributed by atoms with Crippen molar-refractivity contribution in [3.8, 4) is 0 Å². The molecule has 3 aromatic rings. The predicted octanol–water partition coefficient (Wildman–Crippen LogP) is 4.46. The molecule has 176 valence electrons. The molecule has 7 nitrogen and oxygen atoms in total. The molecule has 2 aromatic heterocycles. The van der Waals surface area contributed by atoms with Gasteiger partial charge in [-0.2, -0.15) is 13.2 Å². The van der Waals surface area contributed by atoms with Crippen LogP contribution in [0, 0.1) is 5.82 Å². The Labute approximate surface area is 193 Å². The molecule has 3 N–H and O–H groups in total. The van der Waals surface area contributed by atoms with Crippen LogP contribution >= 0.6 is 12.4 Å². The van der Waals surface area contributed by atoms with E-state index in [1.165, 1.54) is 35.6 Å². The number of nitrogens with zero attached hydrogens (tertiary/aromatic N) is 4. The summed E-state index contributed by atoms with van der Waals surface area (Å²) in [5.74, 6) is 0.768. The average Bonchev–Trinajstić information content (AvgIpc) is 2.71. The van der Waals surface area contributed by atoms with Gasteiger partial charge in [0.2, 0.25) is 0 Å². The zero-order chi connectivity index (χ0) is 22.9. The van der Waals surface area contributed by atoms with E-state index in [-0.39, 0.29) is 24.3 Å². The van der Waals surface area contributed by atoms with Crippen molar-refractivity contribution in [2.75, 3.05) is 28.6 Å². The van der Waals surface area contributed by atoms with Crippen molar-refractivity contribution in [1.82, 2.24) is 15.0 Å². The van der Waals surface area contributed by atoms with Crippen LogP contribution in [0.15, 0.2) is 55.0 Å². The fraction of sp³-hybridized carbons (Fsp3) is 0.286. The minimum Gasteiger partial charge on any atom is -0.378 e. The molecule has 12 heteroatoms. The van der Waals surface area contributed by atoms with E-state index in [1.54, 1.807) is 24.3 Å². The molecule has 4 rings (SSSR count). The molecule has 1 atom stereocenters. The summed E-state index contributed by atoms with van der Waals surface area (Å²) in [5.41, 5.74) is -1.50. The zero-order valence-corrected chi connectivity index (χ0v) is 18.2. The second kappa shape index (κ2) is 9.36. The van der Waals surface area contributed by atoms with Crippen LogP contribution in [0.1, 0.15) is 18.5 Å². The third kappa shape index (κ3) is 5.42. The number of benzene rings is 1. The molecule has 0 spiro atoms. The Kier molecular flexibility index (Phi) is 6.94. The molecule has 1 aliphatic rings. The van der Waals surface area contributed by atoms with Crippen LogP contribution in [0.2, 0.25) is 0 Å². The maximum Gasteiger partial charge on any atom is 0.420 e. The summed E-state index contributed by atoms with van der Waals surface area (Å²) in [6.07, 6.45) is -0.241. The Morgan fingerprint density at radius 2 is 1.73 bits per heavy atom. The van der Waals surface area contributed by atoms with E-state index < -0.39 is 24.9 Å². The van der Waals surface area contributed by atoms with E-state index in [1.807, 2.05) is 6.92 Å². The molecule has 0 aliphatic carbocycles. The van der Waals surface area contributed by atoms with Crippen LogP contribution in [0.5, 0.6) is 0 Å². The Balaban J connectivity index is 0.00000306. The number of halogens is 5. The monoisotopic (exact) mass is 484 g/mol. The minimum atomic E-state index is -4.71. The third-order valence-electron chi connectivity index (χ3n) is 5.16. The molecule has 33 heavy (non-hydrogen) atoms. The molecular weight excluding hydrogens is 464 g/mol. The molecule has 1 aliphatic heterocycles. The van der Waals surface area contributed by atoms with Gasteiger partial charge < -0.3 is 20.6 Å². The summed E-state index contributed by atoms with van der Waals surface area (Å²) in [4.78, 5) is 13.9. The van der Waals surface area contributed by atoms with E-state index in [9.17, 15) is 22.7 Å². The van der Waals surface area contributed by atoms with E-state index in [2.05, 4.69) is 25.6 Å². The van der Waals surface area contributed by atoms with Crippen molar-refractivity contribution in [2.24, 2.45) is 0 Å². The Hall–Kier alpha value is -3.18. The number of nitrogens with one attached hydrogen (secondary N) is 2. The van der Waals surface area contributed by atoms with E-state index >= 15 is 0 Å². The number of hydrogen-bond acceptors (Lipinski definition) is 7. The van der Waals surface area contributed by atoms with Gasteiger partial charge in [0.1, 0.15) is 23.3 Å². The van der Waals surface area contributed by atoms with Gasteiger partial charge in [0.05, 0.1) is 19.3 Å². The first-order valence-electron chi connectivity index (χ1n) is 9.74. The normalized spacial score (nSPS) is 15.8. The van der Waals surface area contributed by atoms with Gasteiger partial charge in [0, 0.05) is 36.3 Å². The molecule has 1 saturated heterocycles. The van der Waals surface area contributed by atoms with Crippen molar-refractivity contribution in [3.63, 3.8) is 0 Å². The second-order valence-electron chi connectivity index (χ2n) is 7.61. The van der Waals surface area contributed by atoms with Crippen LogP contribution in [0.3, 0.4) is 0 Å². The molecule has 0 radical (unpaired) electrons. The van der Waals surface area contributed by atoms with Crippen molar-refractivity contribution >= 4 is 35.5 Å². The van der Waals surface area contributed by atoms with Gasteiger partial charge in [-0.25, -0.2) is 14.4 Å². The summed E-state index contributed by atoms with van der Waals surface area (Å²) in [5, 5.41) is 16.0. The largest absolute Gasteiger partial charge is 0.420 e. The van der Waals surface area contributed by atoms with Crippen LogP contribution in [0.4, 0.5) is 40.7 Å². The first-order chi connectivity index (χ1) is 15.1. The fourth-order valence-corrected chi connectivity index (χ4v) is 3.34. The van der Waals surface area contributed by atoms with Crippen molar-refractivity contribution in [3.05, 3.63) is 66.4 Å². The van der Waals surface area contributed by atoms with Gasteiger partial charge in [-0.1, -0.05) is 12.1 Å². The maximum atomic E-state index is 13.2. The predicted molar refractivity (Wildman–Crippen MR) is 118 cm³/mol. The number of β-amino-alcohol motifs (C(OH)–C–C–N with tert-alkyl or cyclic N) is 1. The quantitative estimate of drug-likeness (QED) is 0.445. The lowest BCUT2D eigenvalue weighted by Crippen LogP contribution is -2.69. The highest BCUT2D eigenvalue weighted by atomic mass is 35.5. The molecule has 0 amide bonds. The molecule has 1 fully saturated rings. The topological polar surface area (TPSA) is 86.2 Å². The lowest BCUT2D eigenvalue weighted by atomic mass is 9.93. The third-order valence-corrected chi connectivity index (χ3v) is 5.16. The molecular formula is C21H21ClF4N6O. The Morgan fingerprint density at radius 1 is 1.06 bits per heavy atom. The SMILES string of the molecule is C[C@H](Nc1cc(N2CC(O)(C(F)(F)F)C2)cc(Nc2cnccn2)n1)c1ccc(F)cc1.Cl. The standard InChI is InChI=1S/C21H20F4N6O.ClH/c1-13(14-2-4-15(22)5-3-14)28-17-8-16(31-11-20(32,12-31)21(23,24)25)9-18(29-17)30-19-10-26-6-7-27-19;/h2-10,13,32H,11-12H2,1H3,(H2,27,28,29,30);1H/t13-;/m0./s1. The minimum absolute atomic E-state index is 0. The van der Waals surface area contributed by atoms with Gasteiger partial charge in [0.15, 0.2) is 5.60 Å². The molecule has 0 saturated carbocycles. The lowest BCUT2D eigenvalue weighted by molar-refractivity contribution is -0.267. The summed E-state index contributed by atoms with van der Waals surface area (Å²) >= 11 is 0. The van der Waals surface area contributed by atoms with Crippen molar-refractivity contribution < 1.29 is 22.7 Å². The first-order valence-corrected chi connectivity index (χ1v) is 9.74. The number of aromatic nitrogens is 3. The fourth-order valence-electron chi connectivity index (χ4n) is 3.34. The first kappa shape index (κ1) is 24.5. The number of pyridine rings is 1. The summed E-state index contributed by atoms with van der Waals surface area (Å²) in [6, 6.07) is 8.86. The number of hydrogen-bond donors (Lipinski definition) is 3. The highest BCUT2D eigenvalue weighted by Crippen LogP contribution is 2.41. The average molecular weight is 485 g/mol. The zero-order valence-electron chi connectivity index (χ0n) is 17.3. The van der Waals surface area contributed by atoms with Gasteiger partial charge in [-0.15, -0.1) is 12.4 Å². The number of rotatable bonds is 6. The molecule has 0 bridgehead atoms. The highest BCUT2D eigenvalue weighted by Gasteiger charge is 2.61. The summed E-state index contributed by atoms with van der Waals surface area (Å²) < 4.78 is 52.4. The van der Waals surface area contributed by atoms with Gasteiger partial charge in [-0.05, 0) is 24.6 Å². The van der Waals surface area contributed by atoms with Crippen LogP contribution in [0.25, 0.3) is 0 Å². The summed E-state index contributed by atoms with van der Waals surface area (Å²) in [6.45, 7) is 0.680. The van der Waals surface area contributed by atoms with Crippen molar-refractivity contribution in [1.29, 1.82) is 0 Å². The lowest BCUT2D eigenvalue weighted by Gasteiger charge is -2.48. The maximum absolute atomic E-state index is 13.2. The smallest absolute Gasteiger partial charge is 0.378 e. The van der Waals surface area contributed by atoms with Crippen molar-refractivity contribution in [2.45, 2.75) is 24.7 Å². The van der Waals surface area contributed by atoms with E-state index in [4.69, 9.17) is 0 Å².